The van der Waals surface area contributed by atoms with Crippen molar-refractivity contribution >= 4 is 29.3 Å². The summed E-state index contributed by atoms with van der Waals surface area (Å²) < 4.78 is 6.79. The van der Waals surface area contributed by atoms with Gasteiger partial charge in [-0.2, -0.15) is 5.10 Å². The second kappa shape index (κ2) is 7.86. The van der Waals surface area contributed by atoms with Crippen molar-refractivity contribution < 1.29 is 14.3 Å². The van der Waals surface area contributed by atoms with Crippen LogP contribution in [0.25, 0.3) is 5.69 Å². The molecule has 2 aromatic carbocycles. The summed E-state index contributed by atoms with van der Waals surface area (Å²) in [4.78, 5) is 24.5. The fourth-order valence-electron chi connectivity index (χ4n) is 2.85. The average Bonchev–Trinajstić information content (AvgIpc) is 3.48. The lowest BCUT2D eigenvalue weighted by atomic mass is 10.2. The third-order valence-corrected chi connectivity index (χ3v) is 4.75. The van der Waals surface area contributed by atoms with Crippen LogP contribution in [0.3, 0.4) is 0 Å². The van der Waals surface area contributed by atoms with E-state index in [-0.39, 0.29) is 10.6 Å². The van der Waals surface area contributed by atoms with Crippen LogP contribution in [0.2, 0.25) is 5.02 Å². The summed E-state index contributed by atoms with van der Waals surface area (Å²) in [6.07, 6.45) is 2.21. The molecule has 1 aromatic heterocycles. The van der Waals surface area contributed by atoms with Crippen LogP contribution in [0, 0.1) is 0 Å². The number of hydrogen-bond acceptors (Lipinski definition) is 4. The summed E-state index contributed by atoms with van der Waals surface area (Å²) in [6.45, 7) is -0.414. The van der Waals surface area contributed by atoms with Gasteiger partial charge in [0, 0.05) is 12.0 Å². The Bertz CT molecular complexity index is 1010. The van der Waals surface area contributed by atoms with E-state index in [2.05, 4.69) is 10.4 Å². The van der Waals surface area contributed by atoms with Crippen molar-refractivity contribution in [1.29, 1.82) is 0 Å². The van der Waals surface area contributed by atoms with Crippen molar-refractivity contribution in [2.45, 2.75) is 18.8 Å². The van der Waals surface area contributed by atoms with Gasteiger partial charge in [-0.25, -0.2) is 9.48 Å². The van der Waals surface area contributed by atoms with E-state index in [1.165, 1.54) is 0 Å². The zero-order valence-electron chi connectivity index (χ0n) is 15.0. The Hall–Kier alpha value is -3.12. The second-order valence-electron chi connectivity index (χ2n) is 6.58. The molecule has 0 spiro atoms. The first-order valence-electron chi connectivity index (χ1n) is 8.98. The lowest BCUT2D eigenvalue weighted by molar-refractivity contribution is -0.119. The molecule has 7 heteroatoms. The molecule has 0 unspecified atom stereocenters. The van der Waals surface area contributed by atoms with Gasteiger partial charge in [-0.3, -0.25) is 4.79 Å². The molecule has 6 nitrogen and oxygen atoms in total. The van der Waals surface area contributed by atoms with Gasteiger partial charge in [-0.1, -0.05) is 41.9 Å². The van der Waals surface area contributed by atoms with Crippen molar-refractivity contribution in [3.8, 4) is 5.69 Å². The molecule has 1 fully saturated rings. The molecule has 0 bridgehead atoms. The molecule has 0 saturated heterocycles. The smallest absolute Gasteiger partial charge is 0.340 e. The van der Waals surface area contributed by atoms with Gasteiger partial charge >= 0.3 is 5.97 Å². The number of para-hydroxylation sites is 1. The number of ether oxygens (including phenoxy) is 1. The van der Waals surface area contributed by atoms with Crippen LogP contribution in [0.5, 0.6) is 0 Å². The Morgan fingerprint density at radius 3 is 2.54 bits per heavy atom. The van der Waals surface area contributed by atoms with E-state index in [1.54, 1.807) is 28.9 Å². The molecule has 0 aliphatic heterocycles. The highest BCUT2D eigenvalue weighted by atomic mass is 35.5. The van der Waals surface area contributed by atoms with Gasteiger partial charge in [0.05, 0.1) is 22.0 Å². The van der Waals surface area contributed by atoms with Crippen LogP contribution < -0.4 is 5.32 Å². The SMILES string of the molecule is O=C(COC(=O)c1ccccc1Cl)Nc1cc(C2CC2)nn1-c1ccccc1. The van der Waals surface area contributed by atoms with Crippen molar-refractivity contribution in [2.24, 2.45) is 0 Å². The first-order valence-corrected chi connectivity index (χ1v) is 9.36. The third kappa shape index (κ3) is 4.07. The second-order valence-corrected chi connectivity index (χ2v) is 6.99. The van der Waals surface area contributed by atoms with Gasteiger partial charge in [0.1, 0.15) is 5.82 Å². The molecular weight excluding hydrogens is 378 g/mol. The van der Waals surface area contributed by atoms with Crippen LogP contribution in [-0.4, -0.2) is 28.3 Å². The zero-order chi connectivity index (χ0) is 19.5. The molecule has 1 amide bonds. The summed E-state index contributed by atoms with van der Waals surface area (Å²) in [6, 6.07) is 18.0. The minimum absolute atomic E-state index is 0.224. The molecule has 4 rings (SSSR count). The molecular formula is C21H18ClN3O3. The number of carbonyl (C=O) groups is 2. The lowest BCUT2D eigenvalue weighted by Gasteiger charge is -2.09. The average molecular weight is 396 g/mol. The van der Waals surface area contributed by atoms with Crippen LogP contribution in [-0.2, 0) is 9.53 Å². The monoisotopic (exact) mass is 395 g/mol. The number of esters is 1. The van der Waals surface area contributed by atoms with E-state index in [0.717, 1.165) is 24.2 Å². The standard InChI is InChI=1S/C21H18ClN3O3/c22-17-9-5-4-8-16(17)21(27)28-13-20(26)23-19-12-18(14-10-11-14)24-25(19)15-6-2-1-3-7-15/h1-9,12,14H,10-11,13H2,(H,23,26). The van der Waals surface area contributed by atoms with Crippen molar-refractivity contribution in [3.05, 3.63) is 76.9 Å². The zero-order valence-corrected chi connectivity index (χ0v) is 15.7. The summed E-state index contributed by atoms with van der Waals surface area (Å²) in [5, 5.41) is 7.69. The van der Waals surface area contributed by atoms with E-state index in [1.807, 2.05) is 36.4 Å². The topological polar surface area (TPSA) is 73.2 Å². The highest BCUT2D eigenvalue weighted by Crippen LogP contribution is 2.40. The first-order chi connectivity index (χ1) is 13.6. The predicted octanol–water partition coefficient (Wildman–Crippen LogP) is 4.20. The summed E-state index contributed by atoms with van der Waals surface area (Å²) in [5.41, 5.74) is 2.02. The van der Waals surface area contributed by atoms with E-state index in [4.69, 9.17) is 16.3 Å². The number of carbonyl (C=O) groups excluding carboxylic acids is 2. The molecule has 28 heavy (non-hydrogen) atoms. The molecule has 1 heterocycles. The number of nitrogens with zero attached hydrogens (tertiary/aromatic N) is 2. The maximum Gasteiger partial charge on any atom is 0.340 e. The quantitative estimate of drug-likeness (QED) is 0.635. The number of hydrogen-bond donors (Lipinski definition) is 1. The number of rotatable bonds is 6. The van der Waals surface area contributed by atoms with Crippen molar-refractivity contribution in [3.63, 3.8) is 0 Å². The van der Waals surface area contributed by atoms with E-state index < -0.39 is 18.5 Å². The van der Waals surface area contributed by atoms with Crippen molar-refractivity contribution in [1.82, 2.24) is 9.78 Å². The lowest BCUT2D eigenvalue weighted by Crippen LogP contribution is -2.22. The van der Waals surface area contributed by atoms with Gasteiger partial charge in [0.15, 0.2) is 6.61 Å². The summed E-state index contributed by atoms with van der Waals surface area (Å²) in [5.74, 6) is -0.0959. The minimum Gasteiger partial charge on any atom is -0.452 e. The molecule has 142 valence electrons. The largest absolute Gasteiger partial charge is 0.452 e. The number of amides is 1. The summed E-state index contributed by atoms with van der Waals surface area (Å²) >= 11 is 5.98. The molecule has 0 atom stereocenters. The maximum atomic E-state index is 12.3. The normalized spacial score (nSPS) is 13.2. The Morgan fingerprint density at radius 1 is 1.11 bits per heavy atom. The van der Waals surface area contributed by atoms with E-state index in [0.29, 0.717) is 11.7 Å². The molecule has 1 N–H and O–H groups in total. The van der Waals surface area contributed by atoms with Gasteiger partial charge in [-0.05, 0) is 37.1 Å². The minimum atomic E-state index is -0.643. The summed E-state index contributed by atoms with van der Waals surface area (Å²) in [7, 11) is 0. The highest BCUT2D eigenvalue weighted by molar-refractivity contribution is 6.33. The van der Waals surface area contributed by atoms with Crippen LogP contribution in [0.4, 0.5) is 5.82 Å². The Kier molecular flexibility index (Phi) is 5.12. The van der Waals surface area contributed by atoms with E-state index in [9.17, 15) is 9.59 Å². The van der Waals surface area contributed by atoms with Crippen LogP contribution in [0.15, 0.2) is 60.7 Å². The number of benzene rings is 2. The fraction of sp³-hybridized carbons (Fsp3) is 0.190. The molecule has 3 aromatic rings. The Balaban J connectivity index is 1.46. The molecule has 1 aliphatic carbocycles. The van der Waals surface area contributed by atoms with Gasteiger partial charge < -0.3 is 10.1 Å². The number of nitrogens with one attached hydrogen (secondary N) is 1. The fourth-order valence-corrected chi connectivity index (χ4v) is 3.06. The maximum absolute atomic E-state index is 12.3. The number of halogens is 1. The van der Waals surface area contributed by atoms with Gasteiger partial charge in [0.2, 0.25) is 0 Å². The number of anilines is 1. The van der Waals surface area contributed by atoms with Crippen LogP contribution in [0.1, 0.15) is 34.8 Å². The van der Waals surface area contributed by atoms with Gasteiger partial charge in [-0.15, -0.1) is 0 Å². The highest BCUT2D eigenvalue weighted by Gasteiger charge is 2.28. The first kappa shape index (κ1) is 18.3. The number of aromatic nitrogens is 2. The van der Waals surface area contributed by atoms with Gasteiger partial charge in [0.25, 0.3) is 5.91 Å². The molecule has 1 aliphatic rings. The Morgan fingerprint density at radius 2 is 1.82 bits per heavy atom. The van der Waals surface area contributed by atoms with E-state index >= 15 is 0 Å². The van der Waals surface area contributed by atoms with Crippen LogP contribution >= 0.6 is 11.6 Å². The molecule has 0 radical (unpaired) electrons. The van der Waals surface area contributed by atoms with Crippen molar-refractivity contribution in [2.75, 3.05) is 11.9 Å². The third-order valence-electron chi connectivity index (χ3n) is 4.42. The Labute approximate surface area is 167 Å². The predicted molar refractivity (Wildman–Crippen MR) is 106 cm³/mol. The molecule has 1 saturated carbocycles.